The van der Waals surface area contributed by atoms with Crippen LogP contribution in [0.15, 0.2) is 42.5 Å². The van der Waals surface area contributed by atoms with Crippen LogP contribution in [-0.4, -0.2) is 19.2 Å². The summed E-state index contributed by atoms with van der Waals surface area (Å²) in [5.41, 5.74) is 0.450. The Morgan fingerprint density at radius 1 is 1.11 bits per heavy atom. The Morgan fingerprint density at radius 3 is 2.59 bits per heavy atom. The normalized spacial score (nSPS) is 14.4. The average Bonchev–Trinajstić information content (AvgIpc) is 2.65. The van der Waals surface area contributed by atoms with Crippen molar-refractivity contribution in [1.29, 1.82) is 0 Å². The summed E-state index contributed by atoms with van der Waals surface area (Å²) in [6.07, 6.45) is -4.42. The number of fused-ring (bicyclic) bond motifs is 1. The number of halogens is 3. The summed E-state index contributed by atoms with van der Waals surface area (Å²) in [7, 11) is 0. The zero-order chi connectivity index (χ0) is 19.4. The molecule has 1 aliphatic heterocycles. The lowest BCUT2D eigenvalue weighted by molar-refractivity contribution is -0.137. The van der Waals surface area contributed by atoms with Crippen molar-refractivity contribution >= 4 is 6.03 Å². The van der Waals surface area contributed by atoms with E-state index in [0.29, 0.717) is 30.3 Å². The van der Waals surface area contributed by atoms with Crippen LogP contribution in [0.1, 0.15) is 29.7 Å². The fraction of sp³-hybridized carbons (Fsp3) is 0.316. The Bertz CT molecular complexity index is 824. The van der Waals surface area contributed by atoms with Crippen LogP contribution in [0.5, 0.6) is 11.5 Å². The molecule has 2 N–H and O–H groups in total. The second-order valence-electron chi connectivity index (χ2n) is 6.15. The predicted molar refractivity (Wildman–Crippen MR) is 92.7 cm³/mol. The van der Waals surface area contributed by atoms with Crippen LogP contribution in [0.4, 0.5) is 18.0 Å². The third kappa shape index (κ3) is 4.84. The molecule has 5 nitrogen and oxygen atoms in total. The van der Waals surface area contributed by atoms with Crippen LogP contribution in [0.3, 0.4) is 0 Å². The highest BCUT2D eigenvalue weighted by molar-refractivity contribution is 5.74. The average molecular weight is 380 g/mol. The van der Waals surface area contributed by atoms with Gasteiger partial charge in [0.15, 0.2) is 11.5 Å². The Morgan fingerprint density at radius 2 is 1.85 bits per heavy atom. The first-order valence-electron chi connectivity index (χ1n) is 8.43. The predicted octanol–water partition coefficient (Wildman–Crippen LogP) is 4.04. The van der Waals surface area contributed by atoms with E-state index in [-0.39, 0.29) is 6.54 Å². The molecule has 0 aromatic heterocycles. The molecule has 0 radical (unpaired) electrons. The van der Waals surface area contributed by atoms with Crippen molar-refractivity contribution < 1.29 is 27.4 Å². The van der Waals surface area contributed by atoms with Gasteiger partial charge in [0.2, 0.25) is 0 Å². The van der Waals surface area contributed by atoms with Crippen LogP contribution in [0.2, 0.25) is 0 Å². The number of rotatable bonds is 4. The van der Waals surface area contributed by atoms with Crippen LogP contribution in [0, 0.1) is 0 Å². The van der Waals surface area contributed by atoms with Gasteiger partial charge in [-0.25, -0.2) is 4.79 Å². The van der Waals surface area contributed by atoms with Crippen LogP contribution < -0.4 is 20.1 Å². The minimum atomic E-state index is -4.42. The summed E-state index contributed by atoms with van der Waals surface area (Å²) < 4.78 is 49.3. The van der Waals surface area contributed by atoms with Crippen molar-refractivity contribution in [2.75, 3.05) is 13.2 Å². The van der Waals surface area contributed by atoms with E-state index in [4.69, 9.17) is 9.47 Å². The number of carbonyl (C=O) groups excluding carboxylic acids is 1. The number of ether oxygens (including phenoxy) is 2. The minimum Gasteiger partial charge on any atom is -0.486 e. The van der Waals surface area contributed by atoms with Gasteiger partial charge in [-0.1, -0.05) is 18.2 Å². The zero-order valence-electron chi connectivity index (χ0n) is 14.6. The lowest BCUT2D eigenvalue weighted by Crippen LogP contribution is -2.36. The van der Waals surface area contributed by atoms with E-state index in [1.807, 2.05) is 6.07 Å². The molecule has 1 aliphatic rings. The van der Waals surface area contributed by atoms with Crippen molar-refractivity contribution in [2.24, 2.45) is 0 Å². The first-order valence-corrected chi connectivity index (χ1v) is 8.43. The summed E-state index contributed by atoms with van der Waals surface area (Å²) in [5, 5.41) is 5.32. The van der Waals surface area contributed by atoms with Gasteiger partial charge < -0.3 is 20.1 Å². The van der Waals surface area contributed by atoms with Gasteiger partial charge in [0.1, 0.15) is 13.2 Å². The SMILES string of the molecule is CC(NC(=O)NCc1ccc2c(c1)OCCO2)c1cccc(C(F)(F)F)c1. The van der Waals surface area contributed by atoms with Gasteiger partial charge in [0.25, 0.3) is 0 Å². The zero-order valence-corrected chi connectivity index (χ0v) is 14.6. The smallest absolute Gasteiger partial charge is 0.416 e. The van der Waals surface area contributed by atoms with E-state index < -0.39 is 23.8 Å². The first kappa shape index (κ1) is 18.9. The lowest BCUT2D eigenvalue weighted by Gasteiger charge is -2.19. The molecule has 1 atom stereocenters. The Balaban J connectivity index is 1.56. The van der Waals surface area contributed by atoms with E-state index in [9.17, 15) is 18.0 Å². The molecule has 0 saturated heterocycles. The molecule has 0 aliphatic carbocycles. The molecule has 27 heavy (non-hydrogen) atoms. The molecule has 0 bridgehead atoms. The fourth-order valence-corrected chi connectivity index (χ4v) is 2.70. The quantitative estimate of drug-likeness (QED) is 0.842. The minimum absolute atomic E-state index is 0.248. The summed E-state index contributed by atoms with van der Waals surface area (Å²) in [6, 6.07) is 9.21. The molecule has 2 aromatic carbocycles. The molecular formula is C19H19F3N2O3. The van der Waals surface area contributed by atoms with Gasteiger partial charge in [-0.3, -0.25) is 0 Å². The second-order valence-corrected chi connectivity index (χ2v) is 6.15. The standard InChI is InChI=1S/C19H19F3N2O3/c1-12(14-3-2-4-15(10-14)19(20,21)22)24-18(25)23-11-13-5-6-16-17(9-13)27-8-7-26-16/h2-6,9-10,12H,7-8,11H2,1H3,(H2,23,24,25). The van der Waals surface area contributed by atoms with Crippen LogP contribution >= 0.6 is 0 Å². The molecular weight excluding hydrogens is 361 g/mol. The van der Waals surface area contributed by atoms with Crippen molar-refractivity contribution in [3.63, 3.8) is 0 Å². The van der Waals surface area contributed by atoms with Gasteiger partial charge in [0.05, 0.1) is 11.6 Å². The molecule has 0 spiro atoms. The molecule has 8 heteroatoms. The maximum atomic E-state index is 12.8. The van der Waals surface area contributed by atoms with Gasteiger partial charge in [0, 0.05) is 6.54 Å². The third-order valence-electron chi connectivity index (χ3n) is 4.12. The van der Waals surface area contributed by atoms with Gasteiger partial charge >= 0.3 is 12.2 Å². The summed E-state index contributed by atoms with van der Waals surface area (Å²) in [4.78, 5) is 12.1. The third-order valence-corrected chi connectivity index (χ3v) is 4.12. The highest BCUT2D eigenvalue weighted by Crippen LogP contribution is 2.31. The summed E-state index contributed by atoms with van der Waals surface area (Å²) in [6.45, 7) is 2.84. The molecule has 0 saturated carbocycles. The van der Waals surface area contributed by atoms with Crippen LogP contribution in [-0.2, 0) is 12.7 Å². The molecule has 1 unspecified atom stereocenters. The highest BCUT2D eigenvalue weighted by atomic mass is 19.4. The number of urea groups is 1. The molecule has 144 valence electrons. The first-order chi connectivity index (χ1) is 12.8. The summed E-state index contributed by atoms with van der Waals surface area (Å²) in [5.74, 6) is 1.28. The fourth-order valence-electron chi connectivity index (χ4n) is 2.70. The van der Waals surface area contributed by atoms with Crippen molar-refractivity contribution in [3.8, 4) is 11.5 Å². The lowest BCUT2D eigenvalue weighted by atomic mass is 10.1. The van der Waals surface area contributed by atoms with E-state index in [1.165, 1.54) is 6.07 Å². The largest absolute Gasteiger partial charge is 0.486 e. The van der Waals surface area contributed by atoms with E-state index >= 15 is 0 Å². The van der Waals surface area contributed by atoms with E-state index in [0.717, 1.165) is 17.7 Å². The van der Waals surface area contributed by atoms with Gasteiger partial charge in [-0.2, -0.15) is 13.2 Å². The number of benzene rings is 2. The molecule has 3 rings (SSSR count). The number of alkyl halides is 3. The molecule has 2 amide bonds. The Labute approximate surface area is 154 Å². The van der Waals surface area contributed by atoms with E-state index in [2.05, 4.69) is 10.6 Å². The molecule has 0 fully saturated rings. The van der Waals surface area contributed by atoms with Gasteiger partial charge in [-0.15, -0.1) is 0 Å². The van der Waals surface area contributed by atoms with Crippen molar-refractivity contribution in [1.82, 2.24) is 10.6 Å². The topological polar surface area (TPSA) is 59.6 Å². The van der Waals surface area contributed by atoms with Gasteiger partial charge in [-0.05, 0) is 42.3 Å². The monoisotopic (exact) mass is 380 g/mol. The molecule has 2 aromatic rings. The Hall–Kier alpha value is -2.90. The van der Waals surface area contributed by atoms with Crippen molar-refractivity contribution in [2.45, 2.75) is 25.7 Å². The number of nitrogens with one attached hydrogen (secondary N) is 2. The number of carbonyl (C=O) groups is 1. The Kier molecular flexibility index (Phi) is 5.43. The number of amides is 2. The van der Waals surface area contributed by atoms with E-state index in [1.54, 1.807) is 25.1 Å². The number of hydrogen-bond acceptors (Lipinski definition) is 3. The highest BCUT2D eigenvalue weighted by Gasteiger charge is 2.30. The second kappa shape index (κ2) is 7.77. The maximum absolute atomic E-state index is 12.8. The maximum Gasteiger partial charge on any atom is 0.416 e. The summed E-state index contributed by atoms with van der Waals surface area (Å²) >= 11 is 0. The molecule has 1 heterocycles. The number of hydrogen-bond donors (Lipinski definition) is 2. The van der Waals surface area contributed by atoms with Crippen LogP contribution in [0.25, 0.3) is 0 Å². The van der Waals surface area contributed by atoms with Crippen molar-refractivity contribution in [3.05, 3.63) is 59.2 Å².